The Morgan fingerprint density at radius 2 is 1.91 bits per heavy atom. The lowest BCUT2D eigenvalue weighted by Gasteiger charge is -2.17. The van der Waals surface area contributed by atoms with Crippen LogP contribution in [-0.4, -0.2) is 25.0 Å². The molecule has 1 N–H and O–H groups in total. The number of esters is 1. The molecule has 2 aromatic carbocycles. The molecule has 1 aliphatic carbocycles. The Labute approximate surface area is 129 Å². The number of amides is 1. The first kappa shape index (κ1) is 14.6. The van der Waals surface area contributed by atoms with Crippen molar-refractivity contribution < 1.29 is 14.3 Å². The zero-order chi connectivity index (χ0) is 15.5. The van der Waals surface area contributed by atoms with Gasteiger partial charge in [0.25, 0.3) is 5.91 Å². The van der Waals surface area contributed by atoms with Gasteiger partial charge in [0.05, 0.1) is 7.11 Å². The van der Waals surface area contributed by atoms with E-state index in [4.69, 9.17) is 4.74 Å². The Hall–Kier alpha value is -2.36. The number of methoxy groups -OCH3 is 1. The quantitative estimate of drug-likeness (QED) is 0.863. The van der Waals surface area contributed by atoms with Crippen molar-refractivity contribution in [3.05, 3.63) is 48.0 Å². The monoisotopic (exact) mass is 297 g/mol. The first-order chi connectivity index (χ1) is 10.7. The number of nitrogens with one attached hydrogen (secondary N) is 1. The predicted molar refractivity (Wildman–Crippen MR) is 84.6 cm³/mol. The lowest BCUT2D eigenvalue weighted by atomic mass is 10.0. The van der Waals surface area contributed by atoms with E-state index in [0.717, 1.165) is 23.6 Å². The van der Waals surface area contributed by atoms with Gasteiger partial charge in [-0.3, -0.25) is 4.79 Å². The van der Waals surface area contributed by atoms with E-state index in [-0.39, 0.29) is 11.9 Å². The molecule has 1 saturated carbocycles. The lowest BCUT2D eigenvalue weighted by molar-refractivity contribution is -0.143. The molecule has 4 heteroatoms. The normalized spacial score (nSPS) is 15.3. The molecule has 0 aromatic heterocycles. The summed E-state index contributed by atoms with van der Waals surface area (Å²) in [5, 5.41) is 4.73. The molecule has 2 aromatic rings. The smallest absolute Gasteiger partial charge is 0.328 e. The highest BCUT2D eigenvalue weighted by Gasteiger charge is 2.31. The summed E-state index contributed by atoms with van der Waals surface area (Å²) in [6, 6.07) is 12.8. The van der Waals surface area contributed by atoms with Crippen molar-refractivity contribution >= 4 is 22.6 Å². The van der Waals surface area contributed by atoms with E-state index >= 15 is 0 Å². The van der Waals surface area contributed by atoms with Crippen molar-refractivity contribution in [1.29, 1.82) is 0 Å². The number of ether oxygens (including phenoxy) is 1. The highest BCUT2D eigenvalue weighted by Crippen LogP contribution is 2.33. The summed E-state index contributed by atoms with van der Waals surface area (Å²) in [6.45, 7) is 0. The molecule has 1 fully saturated rings. The third-order valence-corrected chi connectivity index (χ3v) is 4.09. The molecule has 0 unspecified atom stereocenters. The maximum atomic E-state index is 12.6. The minimum atomic E-state index is -0.566. The number of hydrogen-bond donors (Lipinski definition) is 1. The van der Waals surface area contributed by atoms with Gasteiger partial charge < -0.3 is 10.1 Å². The Kier molecular flexibility index (Phi) is 4.09. The fourth-order valence-corrected chi connectivity index (χ4v) is 2.70. The number of carbonyl (C=O) groups is 2. The van der Waals surface area contributed by atoms with Crippen LogP contribution in [0.5, 0.6) is 0 Å². The summed E-state index contributed by atoms with van der Waals surface area (Å²) in [4.78, 5) is 24.4. The number of carbonyl (C=O) groups excluding carboxylic acids is 2. The molecule has 0 heterocycles. The van der Waals surface area contributed by atoms with Gasteiger partial charge >= 0.3 is 5.97 Å². The minimum Gasteiger partial charge on any atom is -0.467 e. The number of rotatable bonds is 5. The molecule has 1 amide bonds. The minimum absolute atomic E-state index is 0.229. The van der Waals surface area contributed by atoms with Crippen molar-refractivity contribution in [1.82, 2.24) is 5.32 Å². The second-order valence-electron chi connectivity index (χ2n) is 5.75. The number of hydrogen-bond acceptors (Lipinski definition) is 3. The van der Waals surface area contributed by atoms with Gasteiger partial charge in [0.15, 0.2) is 0 Å². The summed E-state index contributed by atoms with van der Waals surface area (Å²) < 4.78 is 4.81. The lowest BCUT2D eigenvalue weighted by Crippen LogP contribution is -2.41. The van der Waals surface area contributed by atoms with Crippen LogP contribution in [0.3, 0.4) is 0 Å². The Morgan fingerprint density at radius 3 is 2.64 bits per heavy atom. The molecular weight excluding hydrogens is 278 g/mol. The highest BCUT2D eigenvalue weighted by molar-refractivity contribution is 6.07. The van der Waals surface area contributed by atoms with E-state index in [1.165, 1.54) is 7.11 Å². The summed E-state index contributed by atoms with van der Waals surface area (Å²) in [5.74, 6) is -0.0785. The SMILES string of the molecule is COC(=O)[C@@H](CC1CC1)NC(=O)c1cccc2ccccc12. The van der Waals surface area contributed by atoms with Gasteiger partial charge in [-0.25, -0.2) is 4.79 Å². The van der Waals surface area contributed by atoms with Crippen LogP contribution in [-0.2, 0) is 9.53 Å². The van der Waals surface area contributed by atoms with Gasteiger partial charge in [-0.2, -0.15) is 0 Å². The van der Waals surface area contributed by atoms with Crippen LogP contribution in [0.1, 0.15) is 29.6 Å². The van der Waals surface area contributed by atoms with Crippen LogP contribution in [0.4, 0.5) is 0 Å². The number of fused-ring (bicyclic) bond motifs is 1. The molecule has 1 atom stereocenters. The maximum absolute atomic E-state index is 12.6. The van der Waals surface area contributed by atoms with Crippen LogP contribution in [0.15, 0.2) is 42.5 Å². The third kappa shape index (κ3) is 3.11. The average Bonchev–Trinajstić information content (AvgIpc) is 3.37. The molecule has 0 radical (unpaired) electrons. The zero-order valence-corrected chi connectivity index (χ0v) is 12.5. The molecule has 0 saturated heterocycles. The van der Waals surface area contributed by atoms with Crippen molar-refractivity contribution in [2.45, 2.75) is 25.3 Å². The summed E-state index contributed by atoms with van der Waals surface area (Å²) in [5.41, 5.74) is 0.586. The Morgan fingerprint density at radius 1 is 1.18 bits per heavy atom. The standard InChI is InChI=1S/C18H19NO3/c1-22-18(21)16(11-12-9-10-12)19-17(20)15-8-4-6-13-5-2-3-7-14(13)15/h2-8,12,16H,9-11H2,1H3,(H,19,20)/t16-/m1/s1. The molecule has 114 valence electrons. The second-order valence-corrected chi connectivity index (χ2v) is 5.75. The van der Waals surface area contributed by atoms with Crippen molar-refractivity contribution in [2.75, 3.05) is 7.11 Å². The third-order valence-electron chi connectivity index (χ3n) is 4.09. The van der Waals surface area contributed by atoms with Gasteiger partial charge in [-0.05, 0) is 29.2 Å². The topological polar surface area (TPSA) is 55.4 Å². The molecule has 0 bridgehead atoms. The van der Waals surface area contributed by atoms with E-state index in [1.807, 2.05) is 36.4 Å². The van der Waals surface area contributed by atoms with Crippen LogP contribution in [0, 0.1) is 5.92 Å². The van der Waals surface area contributed by atoms with E-state index in [0.29, 0.717) is 17.9 Å². The first-order valence-corrected chi connectivity index (χ1v) is 7.55. The predicted octanol–water partition coefficient (Wildman–Crippen LogP) is 2.91. The Balaban J connectivity index is 1.83. The van der Waals surface area contributed by atoms with Crippen molar-refractivity contribution in [3.63, 3.8) is 0 Å². The molecule has 0 spiro atoms. The molecule has 0 aliphatic heterocycles. The van der Waals surface area contributed by atoms with E-state index in [2.05, 4.69) is 5.32 Å². The zero-order valence-electron chi connectivity index (χ0n) is 12.5. The van der Waals surface area contributed by atoms with Crippen LogP contribution in [0.2, 0.25) is 0 Å². The summed E-state index contributed by atoms with van der Waals surface area (Å²) in [6.07, 6.45) is 2.90. The van der Waals surface area contributed by atoms with Crippen LogP contribution < -0.4 is 5.32 Å². The fraction of sp³-hybridized carbons (Fsp3) is 0.333. The van der Waals surface area contributed by atoms with Crippen molar-refractivity contribution in [3.8, 4) is 0 Å². The molecule has 4 nitrogen and oxygen atoms in total. The molecule has 22 heavy (non-hydrogen) atoms. The van der Waals surface area contributed by atoms with Crippen molar-refractivity contribution in [2.24, 2.45) is 5.92 Å². The largest absolute Gasteiger partial charge is 0.467 e. The molecular formula is C18H19NO3. The van der Waals surface area contributed by atoms with Gasteiger partial charge in [0.1, 0.15) is 6.04 Å². The van der Waals surface area contributed by atoms with Gasteiger partial charge in [-0.1, -0.05) is 49.2 Å². The van der Waals surface area contributed by atoms with E-state index in [1.54, 1.807) is 6.07 Å². The average molecular weight is 297 g/mol. The summed E-state index contributed by atoms with van der Waals surface area (Å²) >= 11 is 0. The first-order valence-electron chi connectivity index (χ1n) is 7.55. The number of benzene rings is 2. The van der Waals surface area contributed by atoms with Gasteiger partial charge in [0, 0.05) is 5.56 Å². The van der Waals surface area contributed by atoms with Gasteiger partial charge in [-0.15, -0.1) is 0 Å². The Bertz CT molecular complexity index is 701. The van der Waals surface area contributed by atoms with Gasteiger partial charge in [0.2, 0.25) is 0 Å². The highest BCUT2D eigenvalue weighted by atomic mass is 16.5. The van der Waals surface area contributed by atoms with E-state index < -0.39 is 6.04 Å². The maximum Gasteiger partial charge on any atom is 0.328 e. The van der Waals surface area contributed by atoms with E-state index in [9.17, 15) is 9.59 Å². The molecule has 3 rings (SSSR count). The fourth-order valence-electron chi connectivity index (χ4n) is 2.70. The van der Waals surface area contributed by atoms with Crippen LogP contribution in [0.25, 0.3) is 10.8 Å². The second kappa shape index (κ2) is 6.18. The molecule has 1 aliphatic rings. The summed E-state index contributed by atoms with van der Waals surface area (Å²) in [7, 11) is 1.35. The van der Waals surface area contributed by atoms with Crippen LogP contribution >= 0.6 is 0 Å².